The lowest BCUT2D eigenvalue weighted by Gasteiger charge is -2.30. The van der Waals surface area contributed by atoms with E-state index in [9.17, 15) is 13.2 Å². The summed E-state index contributed by atoms with van der Waals surface area (Å²) < 4.78 is 41.0. The van der Waals surface area contributed by atoms with E-state index in [1.807, 2.05) is 18.3 Å². The average molecular weight is 433 g/mol. The van der Waals surface area contributed by atoms with Crippen molar-refractivity contribution in [2.75, 3.05) is 24.9 Å². The number of aromatic nitrogens is 3. The summed E-state index contributed by atoms with van der Waals surface area (Å²) in [6.07, 6.45) is 4.28. The highest BCUT2D eigenvalue weighted by Crippen LogP contribution is 2.35. The van der Waals surface area contributed by atoms with Crippen molar-refractivity contribution in [1.82, 2.24) is 19.8 Å². The van der Waals surface area contributed by atoms with E-state index in [1.165, 1.54) is 14.0 Å². The normalized spacial score (nSPS) is 15.5. The van der Waals surface area contributed by atoms with Gasteiger partial charge in [0.15, 0.2) is 11.4 Å². The molecule has 30 heavy (non-hydrogen) atoms. The fourth-order valence-corrected chi connectivity index (χ4v) is 5.10. The number of methoxy groups -OCH3 is 1. The highest BCUT2D eigenvalue weighted by atomic mass is 32.2. The Morgan fingerprint density at radius 1 is 1.33 bits per heavy atom. The summed E-state index contributed by atoms with van der Waals surface area (Å²) in [5.41, 5.74) is 1.30. The van der Waals surface area contributed by atoms with Crippen LogP contribution in [-0.2, 0) is 21.4 Å². The zero-order valence-corrected chi connectivity index (χ0v) is 17.6. The van der Waals surface area contributed by atoms with E-state index in [-0.39, 0.29) is 11.7 Å². The van der Waals surface area contributed by atoms with Gasteiger partial charge in [0.2, 0.25) is 15.9 Å². The van der Waals surface area contributed by atoms with Gasteiger partial charge in [0, 0.05) is 32.4 Å². The third-order valence-corrected chi connectivity index (χ3v) is 7.11. The molecule has 11 heteroatoms. The average Bonchev–Trinajstić information content (AvgIpc) is 3.37. The Morgan fingerprint density at radius 2 is 2.10 bits per heavy atom. The van der Waals surface area contributed by atoms with Crippen LogP contribution >= 0.6 is 0 Å². The standard InChI is InChI=1S/C19H23N5O5S/c1-13(25)23-8-4-15(5-9-23)30(26,27)22-19-18-16(28-2)10-14(11-17(18)29-21-19)12-24-7-3-6-20-24/h3,6-7,10-11,15H,4-5,8-9,12H2,1-2H3,(H,21,22). The van der Waals surface area contributed by atoms with Gasteiger partial charge in [0.05, 0.1) is 18.9 Å². The van der Waals surface area contributed by atoms with Crippen molar-refractivity contribution in [3.8, 4) is 5.75 Å². The predicted octanol–water partition coefficient (Wildman–Crippen LogP) is 1.83. The van der Waals surface area contributed by atoms with Crippen molar-refractivity contribution in [2.24, 2.45) is 0 Å². The third kappa shape index (κ3) is 3.97. The maximum Gasteiger partial charge on any atom is 0.237 e. The zero-order chi connectivity index (χ0) is 21.3. The monoisotopic (exact) mass is 433 g/mol. The lowest BCUT2D eigenvalue weighted by atomic mass is 10.1. The number of carbonyl (C=O) groups excluding carboxylic acids is 1. The number of hydrogen-bond donors (Lipinski definition) is 1. The van der Waals surface area contributed by atoms with E-state index in [0.29, 0.717) is 49.2 Å². The number of sulfonamides is 1. The minimum absolute atomic E-state index is 0.0445. The first kappa shape index (κ1) is 20.2. The van der Waals surface area contributed by atoms with Crippen LogP contribution in [-0.4, -0.2) is 59.6 Å². The lowest BCUT2D eigenvalue weighted by molar-refractivity contribution is -0.129. The zero-order valence-electron chi connectivity index (χ0n) is 16.7. The fraction of sp³-hybridized carbons (Fsp3) is 0.421. The molecule has 160 valence electrons. The molecule has 4 rings (SSSR count). The molecule has 1 aliphatic rings. The largest absolute Gasteiger partial charge is 0.496 e. The quantitative estimate of drug-likeness (QED) is 0.630. The molecule has 0 atom stereocenters. The Labute approximate surface area is 173 Å². The Morgan fingerprint density at radius 3 is 2.73 bits per heavy atom. The number of benzene rings is 1. The van der Waals surface area contributed by atoms with Crippen LogP contribution < -0.4 is 9.46 Å². The predicted molar refractivity (Wildman–Crippen MR) is 110 cm³/mol. The van der Waals surface area contributed by atoms with E-state index in [0.717, 1.165) is 5.56 Å². The second-order valence-electron chi connectivity index (χ2n) is 7.26. The van der Waals surface area contributed by atoms with Gasteiger partial charge in [-0.3, -0.25) is 14.2 Å². The maximum atomic E-state index is 12.9. The minimum atomic E-state index is -3.70. The number of amides is 1. The number of piperidine rings is 1. The summed E-state index contributed by atoms with van der Waals surface area (Å²) in [4.78, 5) is 13.1. The number of nitrogens with zero attached hydrogens (tertiary/aromatic N) is 4. The Balaban J connectivity index is 1.58. The Bertz CT molecular complexity index is 1150. The number of nitrogens with one attached hydrogen (secondary N) is 1. The highest BCUT2D eigenvalue weighted by molar-refractivity contribution is 7.93. The Hall–Kier alpha value is -3.08. The molecule has 0 aliphatic carbocycles. The molecule has 10 nitrogen and oxygen atoms in total. The molecule has 2 aromatic heterocycles. The number of anilines is 1. The van der Waals surface area contributed by atoms with Gasteiger partial charge in [-0.1, -0.05) is 5.16 Å². The van der Waals surface area contributed by atoms with Gasteiger partial charge in [-0.15, -0.1) is 0 Å². The number of hydrogen-bond acceptors (Lipinski definition) is 7. The van der Waals surface area contributed by atoms with Crippen molar-refractivity contribution in [3.63, 3.8) is 0 Å². The molecule has 3 aromatic rings. The van der Waals surface area contributed by atoms with Crippen LogP contribution in [0, 0.1) is 0 Å². The molecule has 1 aromatic carbocycles. The number of fused-ring (bicyclic) bond motifs is 1. The molecule has 1 N–H and O–H groups in total. The molecule has 0 unspecified atom stereocenters. The Kier molecular flexibility index (Phi) is 5.37. The van der Waals surface area contributed by atoms with Crippen molar-refractivity contribution in [2.45, 2.75) is 31.6 Å². The molecule has 1 fully saturated rings. The van der Waals surface area contributed by atoms with Crippen LogP contribution in [0.5, 0.6) is 5.75 Å². The van der Waals surface area contributed by atoms with E-state index >= 15 is 0 Å². The molecule has 1 saturated heterocycles. The summed E-state index contributed by atoms with van der Waals surface area (Å²) in [6, 6.07) is 5.43. The second-order valence-corrected chi connectivity index (χ2v) is 9.22. The molecule has 0 saturated carbocycles. The van der Waals surface area contributed by atoms with E-state index < -0.39 is 15.3 Å². The van der Waals surface area contributed by atoms with Gasteiger partial charge >= 0.3 is 0 Å². The van der Waals surface area contributed by atoms with Gasteiger partial charge < -0.3 is 14.2 Å². The molecular formula is C19H23N5O5S. The number of carbonyl (C=O) groups is 1. The van der Waals surface area contributed by atoms with Gasteiger partial charge in [-0.25, -0.2) is 8.42 Å². The van der Waals surface area contributed by atoms with E-state index in [4.69, 9.17) is 9.26 Å². The van der Waals surface area contributed by atoms with Crippen molar-refractivity contribution < 1.29 is 22.5 Å². The topological polar surface area (TPSA) is 120 Å². The maximum absolute atomic E-state index is 12.9. The molecular weight excluding hydrogens is 410 g/mol. The summed E-state index contributed by atoms with van der Waals surface area (Å²) >= 11 is 0. The van der Waals surface area contributed by atoms with Gasteiger partial charge in [-0.05, 0) is 36.6 Å². The molecule has 1 aliphatic heterocycles. The summed E-state index contributed by atoms with van der Waals surface area (Å²) in [5.74, 6) is 0.512. The fourth-order valence-electron chi connectivity index (χ4n) is 3.69. The number of rotatable bonds is 6. The second kappa shape index (κ2) is 7.98. The number of likely N-dealkylation sites (tertiary alicyclic amines) is 1. The summed E-state index contributed by atoms with van der Waals surface area (Å²) in [5, 5.41) is 7.97. The van der Waals surface area contributed by atoms with Gasteiger partial charge in [0.25, 0.3) is 0 Å². The van der Waals surface area contributed by atoms with Gasteiger partial charge in [-0.2, -0.15) is 5.10 Å². The summed E-state index contributed by atoms with van der Waals surface area (Å²) in [6.45, 7) is 2.83. The molecule has 1 amide bonds. The van der Waals surface area contributed by atoms with Crippen molar-refractivity contribution >= 4 is 32.7 Å². The van der Waals surface area contributed by atoms with Crippen LogP contribution in [0.25, 0.3) is 11.0 Å². The smallest absolute Gasteiger partial charge is 0.237 e. The molecule has 0 spiro atoms. The molecule has 0 bridgehead atoms. The van der Waals surface area contributed by atoms with E-state index in [2.05, 4.69) is 15.0 Å². The van der Waals surface area contributed by atoms with Crippen LogP contribution in [0.3, 0.4) is 0 Å². The van der Waals surface area contributed by atoms with Crippen LogP contribution in [0.2, 0.25) is 0 Å². The van der Waals surface area contributed by atoms with Crippen LogP contribution in [0.15, 0.2) is 35.1 Å². The third-order valence-electron chi connectivity index (χ3n) is 5.29. The van der Waals surface area contributed by atoms with Crippen molar-refractivity contribution in [3.05, 3.63) is 36.2 Å². The van der Waals surface area contributed by atoms with Crippen LogP contribution in [0.4, 0.5) is 5.82 Å². The molecule has 3 heterocycles. The van der Waals surface area contributed by atoms with Crippen molar-refractivity contribution in [1.29, 1.82) is 0 Å². The summed E-state index contributed by atoms with van der Waals surface area (Å²) in [7, 11) is -2.19. The first-order valence-electron chi connectivity index (χ1n) is 9.58. The molecule has 0 radical (unpaired) electrons. The SMILES string of the molecule is COc1cc(Cn2cccn2)cc2onc(NS(=O)(=O)C3CCN(C(C)=O)CC3)c12. The van der Waals surface area contributed by atoms with Gasteiger partial charge in [0.1, 0.15) is 11.1 Å². The van der Waals surface area contributed by atoms with E-state index in [1.54, 1.807) is 21.8 Å². The lowest BCUT2D eigenvalue weighted by Crippen LogP contribution is -2.43. The first-order chi connectivity index (χ1) is 14.4. The number of ether oxygens (including phenoxy) is 1. The highest BCUT2D eigenvalue weighted by Gasteiger charge is 2.32. The first-order valence-corrected chi connectivity index (χ1v) is 11.1. The minimum Gasteiger partial charge on any atom is -0.496 e. The van der Waals surface area contributed by atoms with Crippen LogP contribution in [0.1, 0.15) is 25.3 Å².